The molecule has 2 aromatic heterocycles. The number of piperazine rings is 1. The first-order valence-electron chi connectivity index (χ1n) is 8.53. The van der Waals surface area contributed by atoms with Crippen LogP contribution >= 0.6 is 0 Å². The maximum Gasteiger partial charge on any atom is 0.198 e. The minimum absolute atomic E-state index is 0.175. The van der Waals surface area contributed by atoms with Crippen LogP contribution < -0.4 is 10.2 Å². The molecule has 6 nitrogen and oxygen atoms in total. The van der Waals surface area contributed by atoms with Crippen LogP contribution in [0.1, 0.15) is 17.5 Å². The minimum Gasteiger partial charge on any atom is -0.352 e. The number of anilines is 1. The zero-order chi connectivity index (χ0) is 18.1. The summed E-state index contributed by atoms with van der Waals surface area (Å²) in [5.74, 6) is 0.407. The molecule has 1 aliphatic rings. The van der Waals surface area contributed by atoms with Gasteiger partial charge in [0.15, 0.2) is 17.4 Å². The van der Waals surface area contributed by atoms with Crippen LogP contribution in [0, 0.1) is 5.82 Å². The maximum atomic E-state index is 13.2. The SMILES string of the molecule is CC(=O)c1nc(N2CCNCC2)c2nc(-c3ccc(F)cc3)ccc2n1. The molecule has 7 heteroatoms. The molecule has 3 aromatic rings. The van der Waals surface area contributed by atoms with Gasteiger partial charge in [-0.1, -0.05) is 0 Å². The van der Waals surface area contributed by atoms with E-state index in [1.54, 1.807) is 12.1 Å². The number of Topliss-reactive ketones (excluding diaryl/α,β-unsaturated/α-hetero) is 1. The maximum absolute atomic E-state index is 13.2. The van der Waals surface area contributed by atoms with Gasteiger partial charge in [-0.2, -0.15) is 0 Å². The number of nitrogens with zero attached hydrogens (tertiary/aromatic N) is 4. The molecule has 0 aliphatic carbocycles. The standard InChI is InChI=1S/C19H18FN5O/c1-12(26)18-23-16-7-6-15(13-2-4-14(20)5-3-13)22-17(16)19(24-18)25-10-8-21-9-11-25/h2-7,21H,8-11H2,1H3. The number of pyridine rings is 1. The number of nitrogens with one attached hydrogen (secondary N) is 1. The largest absolute Gasteiger partial charge is 0.352 e. The molecule has 0 amide bonds. The van der Waals surface area contributed by atoms with Crippen molar-refractivity contribution in [3.8, 4) is 11.3 Å². The van der Waals surface area contributed by atoms with Gasteiger partial charge in [-0.05, 0) is 36.4 Å². The zero-order valence-corrected chi connectivity index (χ0v) is 14.4. The average molecular weight is 351 g/mol. The van der Waals surface area contributed by atoms with Gasteiger partial charge in [-0.3, -0.25) is 4.79 Å². The van der Waals surface area contributed by atoms with E-state index in [1.165, 1.54) is 19.1 Å². The molecule has 0 atom stereocenters. The lowest BCUT2D eigenvalue weighted by Gasteiger charge is -2.29. The van der Waals surface area contributed by atoms with Gasteiger partial charge >= 0.3 is 0 Å². The van der Waals surface area contributed by atoms with Crippen molar-refractivity contribution in [2.75, 3.05) is 31.1 Å². The predicted molar refractivity (Wildman–Crippen MR) is 97.8 cm³/mol. The highest BCUT2D eigenvalue weighted by Gasteiger charge is 2.19. The Bertz CT molecular complexity index is 968. The third-order valence-corrected chi connectivity index (χ3v) is 4.40. The Morgan fingerprint density at radius 1 is 1.04 bits per heavy atom. The average Bonchev–Trinajstić information content (AvgIpc) is 2.68. The lowest BCUT2D eigenvalue weighted by atomic mass is 10.1. The Morgan fingerprint density at radius 2 is 1.77 bits per heavy atom. The lowest BCUT2D eigenvalue weighted by Crippen LogP contribution is -2.44. The Balaban J connectivity index is 1.88. The van der Waals surface area contributed by atoms with Gasteiger partial charge in [0.25, 0.3) is 0 Å². The monoisotopic (exact) mass is 351 g/mol. The van der Waals surface area contributed by atoms with Crippen LogP contribution in [0.4, 0.5) is 10.2 Å². The molecule has 1 N–H and O–H groups in total. The molecule has 0 radical (unpaired) electrons. The molecule has 4 rings (SSSR count). The molecule has 132 valence electrons. The first kappa shape index (κ1) is 16.5. The first-order valence-corrected chi connectivity index (χ1v) is 8.53. The molecule has 1 saturated heterocycles. The van der Waals surface area contributed by atoms with E-state index in [0.29, 0.717) is 22.5 Å². The van der Waals surface area contributed by atoms with E-state index in [2.05, 4.69) is 20.2 Å². The second kappa shape index (κ2) is 6.76. The third-order valence-electron chi connectivity index (χ3n) is 4.40. The smallest absolute Gasteiger partial charge is 0.198 e. The van der Waals surface area contributed by atoms with Crippen molar-refractivity contribution < 1.29 is 9.18 Å². The molecular formula is C19H18FN5O. The second-order valence-corrected chi connectivity index (χ2v) is 6.24. The predicted octanol–water partition coefficient (Wildman–Crippen LogP) is 2.44. The first-order chi connectivity index (χ1) is 12.6. The molecule has 3 heterocycles. The number of carbonyl (C=O) groups excluding carboxylic acids is 1. The van der Waals surface area contributed by atoms with Gasteiger partial charge in [0.1, 0.15) is 11.3 Å². The van der Waals surface area contributed by atoms with E-state index in [1.807, 2.05) is 12.1 Å². The van der Waals surface area contributed by atoms with Gasteiger partial charge < -0.3 is 10.2 Å². The summed E-state index contributed by atoms with van der Waals surface area (Å²) in [6.07, 6.45) is 0. The number of rotatable bonds is 3. The van der Waals surface area contributed by atoms with Gasteiger partial charge in [0, 0.05) is 38.7 Å². The molecule has 0 unspecified atom stereocenters. The number of hydrogen-bond acceptors (Lipinski definition) is 6. The quantitative estimate of drug-likeness (QED) is 0.731. The highest BCUT2D eigenvalue weighted by Crippen LogP contribution is 2.26. The number of hydrogen-bond donors (Lipinski definition) is 1. The summed E-state index contributed by atoms with van der Waals surface area (Å²) in [7, 11) is 0. The Kier molecular flexibility index (Phi) is 4.30. The fraction of sp³-hybridized carbons (Fsp3) is 0.263. The van der Waals surface area contributed by atoms with Crippen molar-refractivity contribution in [2.24, 2.45) is 0 Å². The molecule has 26 heavy (non-hydrogen) atoms. The van der Waals surface area contributed by atoms with Crippen molar-refractivity contribution in [1.29, 1.82) is 0 Å². The van der Waals surface area contributed by atoms with E-state index >= 15 is 0 Å². The molecule has 0 saturated carbocycles. The van der Waals surface area contributed by atoms with Crippen molar-refractivity contribution in [1.82, 2.24) is 20.3 Å². The van der Waals surface area contributed by atoms with E-state index in [9.17, 15) is 9.18 Å². The van der Waals surface area contributed by atoms with Gasteiger partial charge in [0.05, 0.1) is 11.2 Å². The third kappa shape index (κ3) is 3.13. The fourth-order valence-corrected chi connectivity index (χ4v) is 3.03. The van der Waals surface area contributed by atoms with E-state index in [-0.39, 0.29) is 17.4 Å². The molecule has 1 fully saturated rings. The van der Waals surface area contributed by atoms with Gasteiger partial charge in [-0.25, -0.2) is 19.3 Å². The van der Waals surface area contributed by atoms with Crippen molar-refractivity contribution in [3.63, 3.8) is 0 Å². The molecule has 0 bridgehead atoms. The number of ketones is 1. The van der Waals surface area contributed by atoms with Crippen LogP contribution in [0.5, 0.6) is 0 Å². The van der Waals surface area contributed by atoms with E-state index in [4.69, 9.17) is 4.98 Å². The molecule has 1 aliphatic heterocycles. The van der Waals surface area contributed by atoms with Crippen LogP contribution in [0.15, 0.2) is 36.4 Å². The summed E-state index contributed by atoms with van der Waals surface area (Å²) in [4.78, 5) is 27.5. The van der Waals surface area contributed by atoms with Crippen LogP contribution in [0.3, 0.4) is 0 Å². The molecule has 1 aromatic carbocycles. The van der Waals surface area contributed by atoms with Crippen LogP contribution in [0.2, 0.25) is 0 Å². The van der Waals surface area contributed by atoms with Crippen LogP contribution in [-0.2, 0) is 0 Å². The molecule has 0 spiro atoms. The Hall–Kier alpha value is -2.93. The summed E-state index contributed by atoms with van der Waals surface area (Å²) in [6, 6.07) is 9.87. The summed E-state index contributed by atoms with van der Waals surface area (Å²) in [6.45, 7) is 4.72. The minimum atomic E-state index is -0.287. The fourth-order valence-electron chi connectivity index (χ4n) is 3.03. The normalized spacial score (nSPS) is 14.6. The van der Waals surface area contributed by atoms with E-state index < -0.39 is 0 Å². The summed E-state index contributed by atoms with van der Waals surface area (Å²) < 4.78 is 13.2. The van der Waals surface area contributed by atoms with Gasteiger partial charge in [-0.15, -0.1) is 0 Å². The lowest BCUT2D eigenvalue weighted by molar-refractivity contribution is 0.100. The number of aromatic nitrogens is 3. The summed E-state index contributed by atoms with van der Waals surface area (Å²) in [5.41, 5.74) is 2.81. The van der Waals surface area contributed by atoms with E-state index in [0.717, 1.165) is 31.7 Å². The molecular weight excluding hydrogens is 333 g/mol. The van der Waals surface area contributed by atoms with Crippen molar-refractivity contribution in [2.45, 2.75) is 6.92 Å². The second-order valence-electron chi connectivity index (χ2n) is 6.24. The van der Waals surface area contributed by atoms with Crippen LogP contribution in [-0.4, -0.2) is 46.9 Å². The van der Waals surface area contributed by atoms with Crippen LogP contribution in [0.25, 0.3) is 22.3 Å². The zero-order valence-electron chi connectivity index (χ0n) is 14.4. The Morgan fingerprint density at radius 3 is 2.46 bits per heavy atom. The Labute approximate surface area is 150 Å². The van der Waals surface area contributed by atoms with Gasteiger partial charge in [0.2, 0.25) is 0 Å². The highest BCUT2D eigenvalue weighted by molar-refractivity contribution is 5.95. The number of halogens is 1. The van der Waals surface area contributed by atoms with Crippen molar-refractivity contribution >= 4 is 22.6 Å². The number of fused-ring (bicyclic) bond motifs is 1. The number of benzene rings is 1. The topological polar surface area (TPSA) is 71.0 Å². The summed E-state index contributed by atoms with van der Waals surface area (Å²) in [5, 5.41) is 3.30. The summed E-state index contributed by atoms with van der Waals surface area (Å²) >= 11 is 0. The number of carbonyl (C=O) groups is 1. The highest BCUT2D eigenvalue weighted by atomic mass is 19.1. The van der Waals surface area contributed by atoms with Crippen molar-refractivity contribution in [3.05, 3.63) is 48.0 Å².